The highest BCUT2D eigenvalue weighted by Crippen LogP contribution is 2.31. The Balaban J connectivity index is 0.00000180. The van der Waals surface area contributed by atoms with Gasteiger partial charge >= 0.3 is 6.36 Å². The van der Waals surface area contributed by atoms with Crippen LogP contribution in [0, 0.1) is 5.82 Å². The molecule has 0 radical (unpaired) electrons. The molecule has 2 N–H and O–H groups in total. The SMILES string of the molecule is Cl.NC1CC(Oc2ccc(F)c(OC(F)(F)F)c2)C1. The van der Waals surface area contributed by atoms with E-state index >= 15 is 0 Å². The summed E-state index contributed by atoms with van der Waals surface area (Å²) in [5.74, 6) is -1.86. The Morgan fingerprint density at radius 1 is 1.21 bits per heavy atom. The first-order valence-corrected chi connectivity index (χ1v) is 5.31. The number of benzene rings is 1. The van der Waals surface area contributed by atoms with E-state index in [9.17, 15) is 17.6 Å². The van der Waals surface area contributed by atoms with Gasteiger partial charge in [0.1, 0.15) is 11.9 Å². The molecule has 1 aliphatic carbocycles. The minimum absolute atomic E-state index is 0. The molecule has 1 aromatic rings. The molecule has 0 amide bonds. The monoisotopic (exact) mass is 301 g/mol. The first-order chi connectivity index (χ1) is 8.33. The van der Waals surface area contributed by atoms with E-state index in [0.29, 0.717) is 12.8 Å². The normalized spacial score (nSPS) is 22.2. The summed E-state index contributed by atoms with van der Waals surface area (Å²) in [5, 5.41) is 0. The summed E-state index contributed by atoms with van der Waals surface area (Å²) >= 11 is 0. The van der Waals surface area contributed by atoms with Gasteiger partial charge in [-0.1, -0.05) is 0 Å². The molecule has 0 spiro atoms. The molecule has 0 atom stereocenters. The predicted molar refractivity (Wildman–Crippen MR) is 62.0 cm³/mol. The highest BCUT2D eigenvalue weighted by Gasteiger charge is 2.33. The molecule has 2 rings (SSSR count). The molecule has 3 nitrogen and oxygen atoms in total. The zero-order valence-electron chi connectivity index (χ0n) is 9.61. The second-order valence-corrected chi connectivity index (χ2v) is 4.11. The van der Waals surface area contributed by atoms with E-state index < -0.39 is 17.9 Å². The molecule has 1 aromatic carbocycles. The van der Waals surface area contributed by atoms with Crippen LogP contribution in [0.1, 0.15) is 12.8 Å². The third kappa shape index (κ3) is 4.43. The maximum atomic E-state index is 13.1. The lowest BCUT2D eigenvalue weighted by Crippen LogP contribution is -2.43. The molecule has 1 aliphatic rings. The highest BCUT2D eigenvalue weighted by atomic mass is 35.5. The van der Waals surface area contributed by atoms with Crippen LogP contribution >= 0.6 is 12.4 Å². The van der Waals surface area contributed by atoms with Crippen molar-refractivity contribution in [1.29, 1.82) is 0 Å². The molecule has 8 heteroatoms. The van der Waals surface area contributed by atoms with Crippen molar-refractivity contribution >= 4 is 12.4 Å². The van der Waals surface area contributed by atoms with E-state index in [0.717, 1.165) is 12.1 Å². The maximum Gasteiger partial charge on any atom is 0.573 e. The average molecular weight is 302 g/mol. The topological polar surface area (TPSA) is 44.5 Å². The van der Waals surface area contributed by atoms with Gasteiger partial charge in [0, 0.05) is 12.1 Å². The van der Waals surface area contributed by atoms with Crippen molar-refractivity contribution in [2.75, 3.05) is 0 Å². The summed E-state index contributed by atoms with van der Waals surface area (Å²) in [6.07, 6.45) is -3.80. The van der Waals surface area contributed by atoms with Gasteiger partial charge in [-0.25, -0.2) is 4.39 Å². The van der Waals surface area contributed by atoms with Gasteiger partial charge in [0.15, 0.2) is 11.6 Å². The number of alkyl halides is 3. The van der Waals surface area contributed by atoms with Crippen LogP contribution < -0.4 is 15.2 Å². The van der Waals surface area contributed by atoms with E-state index in [1.807, 2.05) is 0 Å². The number of hydrogen-bond acceptors (Lipinski definition) is 3. The highest BCUT2D eigenvalue weighted by molar-refractivity contribution is 5.85. The molecule has 108 valence electrons. The summed E-state index contributed by atoms with van der Waals surface area (Å²) in [4.78, 5) is 0. The van der Waals surface area contributed by atoms with Crippen LogP contribution in [0.2, 0.25) is 0 Å². The Kier molecular flexibility index (Phi) is 4.86. The number of nitrogens with two attached hydrogens (primary N) is 1. The van der Waals surface area contributed by atoms with E-state index in [1.165, 1.54) is 6.07 Å². The van der Waals surface area contributed by atoms with Crippen LogP contribution in [-0.4, -0.2) is 18.5 Å². The Bertz CT molecular complexity index is 435. The fourth-order valence-electron chi connectivity index (χ4n) is 1.65. The Labute approximate surface area is 113 Å². The third-order valence-electron chi connectivity index (χ3n) is 2.56. The number of hydrogen-bond donors (Lipinski definition) is 1. The van der Waals surface area contributed by atoms with Gasteiger partial charge in [-0.15, -0.1) is 25.6 Å². The standard InChI is InChI=1S/C11H11F4NO2.ClH/c12-9-2-1-7(17-8-3-6(16)4-8)5-10(9)18-11(13,14)15;/h1-2,5-6,8H,3-4,16H2;1H. The Hall–Kier alpha value is -1.21. The van der Waals surface area contributed by atoms with Crippen molar-refractivity contribution in [3.8, 4) is 11.5 Å². The number of halogens is 5. The van der Waals surface area contributed by atoms with Crippen molar-refractivity contribution in [3.63, 3.8) is 0 Å². The second kappa shape index (κ2) is 5.83. The first-order valence-electron chi connectivity index (χ1n) is 5.31. The second-order valence-electron chi connectivity index (χ2n) is 4.11. The van der Waals surface area contributed by atoms with Crippen molar-refractivity contribution in [2.24, 2.45) is 5.73 Å². The largest absolute Gasteiger partial charge is 0.573 e. The molecule has 0 unspecified atom stereocenters. The quantitative estimate of drug-likeness (QED) is 0.873. The summed E-state index contributed by atoms with van der Waals surface area (Å²) in [5.41, 5.74) is 5.55. The van der Waals surface area contributed by atoms with Crippen LogP contribution in [0.5, 0.6) is 11.5 Å². The number of rotatable bonds is 3. The van der Waals surface area contributed by atoms with Crippen LogP contribution in [0.3, 0.4) is 0 Å². The summed E-state index contributed by atoms with van der Waals surface area (Å²) < 4.78 is 58.0. The lowest BCUT2D eigenvalue weighted by Gasteiger charge is -2.32. The predicted octanol–water partition coefficient (Wildman–Crippen LogP) is 3.01. The fourth-order valence-corrected chi connectivity index (χ4v) is 1.65. The molecule has 0 saturated heterocycles. The smallest absolute Gasteiger partial charge is 0.490 e. The molecule has 1 saturated carbocycles. The molecule has 0 heterocycles. The van der Waals surface area contributed by atoms with Gasteiger partial charge in [0.2, 0.25) is 0 Å². The first kappa shape index (κ1) is 15.8. The Morgan fingerprint density at radius 3 is 2.37 bits per heavy atom. The summed E-state index contributed by atoms with van der Waals surface area (Å²) in [6.45, 7) is 0. The molecule has 0 aromatic heterocycles. The van der Waals surface area contributed by atoms with Crippen molar-refractivity contribution < 1.29 is 27.0 Å². The molecule has 0 aliphatic heterocycles. The van der Waals surface area contributed by atoms with Crippen LogP contribution in [0.25, 0.3) is 0 Å². The van der Waals surface area contributed by atoms with Gasteiger partial charge in [-0.2, -0.15) is 0 Å². The maximum absolute atomic E-state index is 13.1. The van der Waals surface area contributed by atoms with Crippen LogP contribution in [-0.2, 0) is 0 Å². The van der Waals surface area contributed by atoms with Gasteiger partial charge in [-0.05, 0) is 25.0 Å². The zero-order valence-corrected chi connectivity index (χ0v) is 10.4. The van der Waals surface area contributed by atoms with E-state index in [4.69, 9.17) is 10.5 Å². The average Bonchev–Trinajstić information content (AvgIpc) is 2.18. The third-order valence-corrected chi connectivity index (χ3v) is 2.56. The van der Waals surface area contributed by atoms with E-state index in [2.05, 4.69) is 4.74 Å². The fraction of sp³-hybridized carbons (Fsp3) is 0.455. The van der Waals surface area contributed by atoms with Crippen molar-refractivity contribution in [2.45, 2.75) is 31.3 Å². The van der Waals surface area contributed by atoms with Gasteiger partial charge in [0.25, 0.3) is 0 Å². The lowest BCUT2D eigenvalue weighted by atomic mass is 9.90. The van der Waals surface area contributed by atoms with Gasteiger partial charge in [-0.3, -0.25) is 0 Å². The number of ether oxygens (including phenoxy) is 2. The molecule has 0 bridgehead atoms. The van der Waals surface area contributed by atoms with Crippen LogP contribution in [0.15, 0.2) is 18.2 Å². The van der Waals surface area contributed by atoms with Crippen molar-refractivity contribution in [3.05, 3.63) is 24.0 Å². The lowest BCUT2D eigenvalue weighted by molar-refractivity contribution is -0.275. The molecule has 1 fully saturated rings. The van der Waals surface area contributed by atoms with Crippen molar-refractivity contribution in [1.82, 2.24) is 0 Å². The zero-order chi connectivity index (χ0) is 13.3. The summed E-state index contributed by atoms with van der Waals surface area (Å²) in [6, 6.07) is 3.06. The van der Waals surface area contributed by atoms with Crippen LogP contribution in [0.4, 0.5) is 17.6 Å². The minimum atomic E-state index is -4.93. The van der Waals surface area contributed by atoms with Gasteiger partial charge < -0.3 is 15.2 Å². The Morgan fingerprint density at radius 2 is 1.84 bits per heavy atom. The van der Waals surface area contributed by atoms with Gasteiger partial charge in [0.05, 0.1) is 0 Å². The summed E-state index contributed by atoms with van der Waals surface area (Å²) in [7, 11) is 0. The molecular weight excluding hydrogens is 290 g/mol. The molecular formula is C11H12ClF4NO2. The van der Waals surface area contributed by atoms with E-state index in [1.54, 1.807) is 0 Å². The minimum Gasteiger partial charge on any atom is -0.490 e. The molecule has 19 heavy (non-hydrogen) atoms. The van der Waals surface area contributed by atoms with E-state index in [-0.39, 0.29) is 30.3 Å².